The number of benzene rings is 2. The molecule has 0 aliphatic heterocycles. The fourth-order valence-corrected chi connectivity index (χ4v) is 2.77. The highest BCUT2D eigenvalue weighted by atomic mass is 79.9. The summed E-state index contributed by atoms with van der Waals surface area (Å²) >= 11 is 6.56. The van der Waals surface area contributed by atoms with Gasteiger partial charge in [-0.3, -0.25) is 10.6 Å². The molecule has 0 fully saturated rings. The van der Waals surface area contributed by atoms with Gasteiger partial charge in [-0.05, 0) is 46.3 Å². The van der Waals surface area contributed by atoms with E-state index in [1.165, 1.54) is 0 Å². The fourth-order valence-electron chi connectivity index (χ4n) is 1.63. The molecule has 4 N–H and O–H groups in total. The molecular weight excluding hydrogens is 412 g/mol. The summed E-state index contributed by atoms with van der Waals surface area (Å²) in [4.78, 5) is 12.0. The van der Waals surface area contributed by atoms with Gasteiger partial charge in [0.05, 0.1) is 5.69 Å². The Morgan fingerprint density at radius 3 is 2.24 bits per heavy atom. The second-order valence-electron chi connectivity index (χ2n) is 4.04. The third-order valence-electron chi connectivity index (χ3n) is 2.63. The lowest BCUT2D eigenvalue weighted by atomic mass is 10.1. The largest absolute Gasteiger partial charge is 0.321 e. The summed E-state index contributed by atoms with van der Waals surface area (Å²) in [5.74, 6) is 2.46. The first-order valence-electron chi connectivity index (χ1n) is 5.64. The first kappa shape index (κ1) is 15.9. The predicted molar refractivity (Wildman–Crippen MR) is 84.0 cm³/mol. The number of nitrogens with one attached hydrogen (secondary N) is 2. The van der Waals surface area contributed by atoms with Crippen molar-refractivity contribution >= 4 is 49.1 Å². The van der Waals surface area contributed by atoms with Crippen molar-refractivity contribution in [2.45, 2.75) is 0 Å². The van der Waals surface area contributed by atoms with Gasteiger partial charge in [0, 0.05) is 14.5 Å². The zero-order valence-corrected chi connectivity index (χ0v) is 13.6. The molecule has 1 amide bonds. The third kappa shape index (κ3) is 3.58. The monoisotopic (exact) mass is 419 g/mol. The lowest BCUT2D eigenvalue weighted by Gasteiger charge is -2.10. The zero-order chi connectivity index (χ0) is 15.6. The second kappa shape index (κ2) is 6.50. The summed E-state index contributed by atoms with van der Waals surface area (Å²) in [6.07, 6.45) is 0. The van der Waals surface area contributed by atoms with E-state index in [4.69, 9.17) is 5.84 Å². The van der Waals surface area contributed by atoms with Crippen molar-refractivity contribution in [1.82, 2.24) is 0 Å². The lowest BCUT2D eigenvalue weighted by Crippen LogP contribution is -2.15. The fraction of sp³-hybridized carbons (Fsp3) is 0. The molecular formula is C13H9Br2F2N3O. The minimum Gasteiger partial charge on any atom is -0.321 e. The molecule has 0 radical (unpaired) electrons. The Hall–Kier alpha value is -1.51. The number of rotatable bonds is 3. The van der Waals surface area contributed by atoms with Gasteiger partial charge in [0.2, 0.25) is 0 Å². The van der Waals surface area contributed by atoms with Gasteiger partial charge in [-0.15, -0.1) is 0 Å². The molecule has 0 saturated heterocycles. The summed E-state index contributed by atoms with van der Waals surface area (Å²) in [6, 6.07) is 6.91. The van der Waals surface area contributed by atoms with Gasteiger partial charge in [-0.2, -0.15) is 0 Å². The lowest BCUT2D eigenvalue weighted by molar-refractivity contribution is 0.102. The maximum Gasteiger partial charge on any atom is 0.255 e. The number of carbonyl (C=O) groups is 1. The van der Waals surface area contributed by atoms with Crippen LogP contribution >= 0.6 is 31.9 Å². The van der Waals surface area contributed by atoms with Crippen LogP contribution in [0.15, 0.2) is 39.3 Å². The van der Waals surface area contributed by atoms with E-state index in [1.54, 1.807) is 18.2 Å². The molecule has 0 heterocycles. The number of hydrogen-bond donors (Lipinski definition) is 3. The number of hydrogen-bond acceptors (Lipinski definition) is 3. The number of hydrazine groups is 1. The van der Waals surface area contributed by atoms with Crippen LogP contribution in [0.25, 0.3) is 0 Å². The Labute approximate surface area is 135 Å². The molecule has 0 aliphatic rings. The quantitative estimate of drug-likeness (QED) is 0.518. The minimum atomic E-state index is -0.947. The van der Waals surface area contributed by atoms with Crippen molar-refractivity contribution in [3.8, 4) is 0 Å². The highest BCUT2D eigenvalue weighted by Gasteiger charge is 2.15. The molecule has 2 aromatic carbocycles. The van der Waals surface area contributed by atoms with Crippen LogP contribution in [-0.4, -0.2) is 5.91 Å². The van der Waals surface area contributed by atoms with E-state index < -0.39 is 23.2 Å². The maximum atomic E-state index is 13.6. The van der Waals surface area contributed by atoms with Crippen LogP contribution in [0, 0.1) is 11.6 Å². The SMILES string of the molecule is NNc1c(F)cc(C(=O)Nc2ccc(Br)cc2Br)cc1F. The van der Waals surface area contributed by atoms with Crippen LogP contribution in [0.5, 0.6) is 0 Å². The van der Waals surface area contributed by atoms with E-state index in [1.807, 2.05) is 5.43 Å². The van der Waals surface area contributed by atoms with Crippen molar-refractivity contribution < 1.29 is 13.6 Å². The van der Waals surface area contributed by atoms with Crippen LogP contribution in [-0.2, 0) is 0 Å². The molecule has 110 valence electrons. The van der Waals surface area contributed by atoms with Crippen LogP contribution in [0.4, 0.5) is 20.2 Å². The molecule has 0 atom stereocenters. The van der Waals surface area contributed by atoms with Gasteiger partial charge < -0.3 is 10.7 Å². The van der Waals surface area contributed by atoms with E-state index in [0.717, 1.165) is 16.6 Å². The highest BCUT2D eigenvalue weighted by molar-refractivity contribution is 9.11. The van der Waals surface area contributed by atoms with Gasteiger partial charge in [0.25, 0.3) is 5.91 Å². The van der Waals surface area contributed by atoms with Crippen molar-refractivity contribution in [3.05, 3.63) is 56.5 Å². The topological polar surface area (TPSA) is 67.1 Å². The van der Waals surface area contributed by atoms with Gasteiger partial charge in [0.15, 0.2) is 11.6 Å². The molecule has 0 aromatic heterocycles. The Morgan fingerprint density at radius 2 is 1.71 bits per heavy atom. The van der Waals surface area contributed by atoms with Crippen LogP contribution in [0.1, 0.15) is 10.4 Å². The number of carbonyl (C=O) groups excluding carboxylic acids is 1. The number of nitrogens with two attached hydrogens (primary N) is 1. The highest BCUT2D eigenvalue weighted by Crippen LogP contribution is 2.27. The Kier molecular flexibility index (Phi) is 4.92. The first-order chi connectivity index (χ1) is 9.92. The summed E-state index contributed by atoms with van der Waals surface area (Å²) in [5.41, 5.74) is 1.73. The van der Waals surface area contributed by atoms with Crippen molar-refractivity contribution in [2.24, 2.45) is 5.84 Å². The molecule has 0 unspecified atom stereocenters. The average molecular weight is 421 g/mol. The first-order valence-corrected chi connectivity index (χ1v) is 7.23. The normalized spacial score (nSPS) is 10.3. The molecule has 4 nitrogen and oxygen atoms in total. The van der Waals surface area contributed by atoms with E-state index >= 15 is 0 Å². The number of halogens is 4. The Morgan fingerprint density at radius 1 is 1.10 bits per heavy atom. The predicted octanol–water partition coefficient (Wildman–Crippen LogP) is 4.03. The van der Waals surface area contributed by atoms with Crippen LogP contribution in [0.3, 0.4) is 0 Å². The van der Waals surface area contributed by atoms with Crippen molar-refractivity contribution in [3.63, 3.8) is 0 Å². The summed E-state index contributed by atoms with van der Waals surface area (Å²) in [7, 11) is 0. The molecule has 0 spiro atoms. The summed E-state index contributed by atoms with van der Waals surface area (Å²) < 4.78 is 28.6. The third-order valence-corrected chi connectivity index (χ3v) is 3.78. The van der Waals surface area contributed by atoms with Gasteiger partial charge in [-0.25, -0.2) is 8.78 Å². The second-order valence-corrected chi connectivity index (χ2v) is 5.81. The molecule has 2 rings (SSSR count). The van der Waals surface area contributed by atoms with E-state index in [-0.39, 0.29) is 5.56 Å². The number of anilines is 2. The standard InChI is InChI=1S/C13H9Br2F2N3O/c14-7-1-2-11(8(15)5-7)19-13(21)6-3-9(16)12(20-18)10(17)4-6/h1-5,20H,18H2,(H,19,21). The molecule has 0 bridgehead atoms. The van der Waals surface area contributed by atoms with Crippen LogP contribution < -0.4 is 16.6 Å². The summed E-state index contributed by atoms with van der Waals surface area (Å²) in [5, 5.41) is 2.55. The van der Waals surface area contributed by atoms with E-state index in [9.17, 15) is 13.6 Å². The number of nitrogen functional groups attached to an aromatic ring is 1. The van der Waals surface area contributed by atoms with Crippen molar-refractivity contribution in [2.75, 3.05) is 10.7 Å². The zero-order valence-electron chi connectivity index (χ0n) is 10.4. The van der Waals surface area contributed by atoms with Crippen molar-refractivity contribution in [1.29, 1.82) is 0 Å². The maximum absolute atomic E-state index is 13.6. The van der Waals surface area contributed by atoms with Gasteiger partial charge in [0.1, 0.15) is 5.69 Å². The van der Waals surface area contributed by atoms with E-state index in [2.05, 4.69) is 37.2 Å². The van der Waals surface area contributed by atoms with Gasteiger partial charge in [-0.1, -0.05) is 15.9 Å². The smallest absolute Gasteiger partial charge is 0.255 e. The molecule has 2 aromatic rings. The van der Waals surface area contributed by atoms with E-state index in [0.29, 0.717) is 10.2 Å². The Balaban J connectivity index is 2.28. The summed E-state index contributed by atoms with van der Waals surface area (Å²) in [6.45, 7) is 0. The Bertz CT molecular complexity index is 687. The minimum absolute atomic E-state index is 0.154. The average Bonchev–Trinajstić information content (AvgIpc) is 2.41. The molecule has 0 aliphatic carbocycles. The number of amides is 1. The molecule has 8 heteroatoms. The van der Waals surface area contributed by atoms with Crippen LogP contribution in [0.2, 0.25) is 0 Å². The molecule has 21 heavy (non-hydrogen) atoms. The van der Waals surface area contributed by atoms with Gasteiger partial charge >= 0.3 is 0 Å². The molecule has 0 saturated carbocycles.